The Morgan fingerprint density at radius 1 is 1.10 bits per heavy atom. The second-order valence-electron chi connectivity index (χ2n) is 5.38. The molecule has 4 heteroatoms. The first-order valence-electron chi connectivity index (χ1n) is 7.65. The van der Waals surface area contributed by atoms with Gasteiger partial charge in [-0.25, -0.2) is 0 Å². The van der Waals surface area contributed by atoms with Crippen molar-refractivity contribution in [2.45, 2.75) is 45.6 Å². The number of benzene rings is 1. The lowest BCUT2D eigenvalue weighted by molar-refractivity contribution is 0.171. The van der Waals surface area contributed by atoms with E-state index in [-0.39, 0.29) is 6.04 Å². The van der Waals surface area contributed by atoms with E-state index in [4.69, 9.17) is 15.3 Å². The first-order valence-corrected chi connectivity index (χ1v) is 7.65. The Morgan fingerprint density at radius 3 is 2.35 bits per heavy atom. The highest BCUT2D eigenvalue weighted by Crippen LogP contribution is 2.36. The SMILES string of the molecule is CCCC(CCC)C(NN)c1ccc2c(c1)OCCO2. The highest BCUT2D eigenvalue weighted by atomic mass is 16.6. The molecular formula is C16H26N2O2. The average molecular weight is 278 g/mol. The monoisotopic (exact) mass is 278 g/mol. The number of rotatable bonds is 7. The van der Waals surface area contributed by atoms with Crippen molar-refractivity contribution >= 4 is 0 Å². The minimum absolute atomic E-state index is 0.172. The fraction of sp³-hybridized carbons (Fsp3) is 0.625. The summed E-state index contributed by atoms with van der Waals surface area (Å²) < 4.78 is 11.2. The molecule has 1 aromatic rings. The molecule has 20 heavy (non-hydrogen) atoms. The van der Waals surface area contributed by atoms with Gasteiger partial charge in [0.2, 0.25) is 0 Å². The van der Waals surface area contributed by atoms with Gasteiger partial charge >= 0.3 is 0 Å². The Bertz CT molecular complexity index is 417. The van der Waals surface area contributed by atoms with Gasteiger partial charge < -0.3 is 9.47 Å². The third kappa shape index (κ3) is 3.44. The van der Waals surface area contributed by atoms with E-state index in [1.165, 1.54) is 31.2 Å². The minimum Gasteiger partial charge on any atom is -0.486 e. The van der Waals surface area contributed by atoms with Crippen LogP contribution in [0, 0.1) is 5.92 Å². The number of hydrogen-bond donors (Lipinski definition) is 2. The molecule has 1 aromatic carbocycles. The van der Waals surface area contributed by atoms with Crippen molar-refractivity contribution < 1.29 is 9.47 Å². The molecule has 4 nitrogen and oxygen atoms in total. The maximum atomic E-state index is 5.82. The summed E-state index contributed by atoms with van der Waals surface area (Å²) in [4.78, 5) is 0. The summed E-state index contributed by atoms with van der Waals surface area (Å²) in [6.07, 6.45) is 4.70. The van der Waals surface area contributed by atoms with Crippen LogP contribution in [-0.4, -0.2) is 13.2 Å². The quantitative estimate of drug-likeness (QED) is 0.594. The van der Waals surface area contributed by atoms with E-state index in [2.05, 4.69) is 31.4 Å². The maximum absolute atomic E-state index is 5.82. The van der Waals surface area contributed by atoms with Crippen LogP contribution in [0.2, 0.25) is 0 Å². The lowest BCUT2D eigenvalue weighted by Crippen LogP contribution is -2.33. The molecule has 0 aliphatic carbocycles. The normalized spacial score (nSPS) is 15.4. The van der Waals surface area contributed by atoms with Crippen LogP contribution in [-0.2, 0) is 0 Å². The van der Waals surface area contributed by atoms with Gasteiger partial charge in [-0.1, -0.05) is 32.8 Å². The van der Waals surface area contributed by atoms with Crippen LogP contribution < -0.4 is 20.7 Å². The molecule has 1 aliphatic rings. The minimum atomic E-state index is 0.172. The Hall–Kier alpha value is -1.26. The van der Waals surface area contributed by atoms with E-state index in [1.807, 2.05) is 6.07 Å². The van der Waals surface area contributed by atoms with Gasteiger partial charge in [-0.15, -0.1) is 0 Å². The van der Waals surface area contributed by atoms with Crippen molar-refractivity contribution in [3.8, 4) is 11.5 Å². The molecule has 3 N–H and O–H groups in total. The van der Waals surface area contributed by atoms with E-state index < -0.39 is 0 Å². The zero-order valence-corrected chi connectivity index (χ0v) is 12.5. The smallest absolute Gasteiger partial charge is 0.161 e. The molecule has 0 saturated carbocycles. The summed E-state index contributed by atoms with van der Waals surface area (Å²) in [7, 11) is 0. The molecule has 0 radical (unpaired) electrons. The van der Waals surface area contributed by atoms with Crippen LogP contribution >= 0.6 is 0 Å². The lowest BCUT2D eigenvalue weighted by atomic mass is 9.86. The van der Waals surface area contributed by atoms with Crippen LogP contribution in [0.4, 0.5) is 0 Å². The lowest BCUT2D eigenvalue weighted by Gasteiger charge is -2.28. The Labute approximate surface area is 121 Å². The molecule has 1 heterocycles. The fourth-order valence-electron chi connectivity index (χ4n) is 2.98. The summed E-state index contributed by atoms with van der Waals surface area (Å²) in [6, 6.07) is 6.32. The molecule has 1 atom stereocenters. The number of ether oxygens (including phenoxy) is 2. The van der Waals surface area contributed by atoms with Gasteiger partial charge in [0.15, 0.2) is 11.5 Å². The molecular weight excluding hydrogens is 252 g/mol. The zero-order chi connectivity index (χ0) is 14.4. The van der Waals surface area contributed by atoms with Gasteiger partial charge in [-0.05, 0) is 36.5 Å². The Kier molecular flexibility index (Phi) is 5.68. The van der Waals surface area contributed by atoms with E-state index in [1.54, 1.807) is 0 Å². The molecule has 0 amide bonds. The molecule has 0 saturated heterocycles. The molecule has 1 unspecified atom stereocenters. The number of nitrogens with two attached hydrogens (primary N) is 1. The number of nitrogens with one attached hydrogen (secondary N) is 1. The molecule has 0 aromatic heterocycles. The van der Waals surface area contributed by atoms with E-state index in [0.29, 0.717) is 19.1 Å². The van der Waals surface area contributed by atoms with Crippen molar-refractivity contribution in [2.75, 3.05) is 13.2 Å². The van der Waals surface area contributed by atoms with E-state index in [9.17, 15) is 0 Å². The van der Waals surface area contributed by atoms with Gasteiger partial charge in [0.1, 0.15) is 13.2 Å². The third-order valence-electron chi connectivity index (χ3n) is 3.90. The highest BCUT2D eigenvalue weighted by molar-refractivity contribution is 5.44. The van der Waals surface area contributed by atoms with Crippen LogP contribution in [0.25, 0.3) is 0 Å². The zero-order valence-electron chi connectivity index (χ0n) is 12.5. The predicted octanol–water partition coefficient (Wildman–Crippen LogP) is 3.18. The predicted molar refractivity (Wildman–Crippen MR) is 80.8 cm³/mol. The largest absolute Gasteiger partial charge is 0.486 e. The Balaban J connectivity index is 2.21. The van der Waals surface area contributed by atoms with E-state index in [0.717, 1.165) is 11.5 Å². The van der Waals surface area contributed by atoms with Gasteiger partial charge in [0.25, 0.3) is 0 Å². The molecule has 112 valence electrons. The first-order chi connectivity index (χ1) is 9.80. The van der Waals surface area contributed by atoms with Gasteiger partial charge in [0, 0.05) is 6.04 Å². The molecule has 1 aliphatic heterocycles. The van der Waals surface area contributed by atoms with Crippen LogP contribution in [0.1, 0.15) is 51.1 Å². The fourth-order valence-corrected chi connectivity index (χ4v) is 2.98. The second kappa shape index (κ2) is 7.50. The summed E-state index contributed by atoms with van der Waals surface area (Å²) in [6.45, 7) is 5.68. The second-order valence-corrected chi connectivity index (χ2v) is 5.38. The van der Waals surface area contributed by atoms with Crippen molar-refractivity contribution in [2.24, 2.45) is 11.8 Å². The summed E-state index contributed by atoms with van der Waals surface area (Å²) in [5.74, 6) is 8.04. The number of hydrazine groups is 1. The summed E-state index contributed by atoms with van der Waals surface area (Å²) in [5, 5.41) is 0. The molecule has 0 fully saturated rings. The van der Waals surface area contributed by atoms with Crippen LogP contribution in [0.3, 0.4) is 0 Å². The number of hydrogen-bond acceptors (Lipinski definition) is 4. The summed E-state index contributed by atoms with van der Waals surface area (Å²) in [5.41, 5.74) is 4.18. The summed E-state index contributed by atoms with van der Waals surface area (Å²) >= 11 is 0. The first kappa shape index (κ1) is 15.1. The topological polar surface area (TPSA) is 56.5 Å². The third-order valence-corrected chi connectivity index (χ3v) is 3.90. The van der Waals surface area contributed by atoms with Gasteiger partial charge in [0.05, 0.1) is 0 Å². The van der Waals surface area contributed by atoms with Crippen molar-refractivity contribution in [1.29, 1.82) is 0 Å². The maximum Gasteiger partial charge on any atom is 0.161 e. The van der Waals surface area contributed by atoms with Crippen LogP contribution in [0.5, 0.6) is 11.5 Å². The van der Waals surface area contributed by atoms with Crippen LogP contribution in [0.15, 0.2) is 18.2 Å². The van der Waals surface area contributed by atoms with Crippen molar-refractivity contribution in [1.82, 2.24) is 5.43 Å². The Morgan fingerprint density at radius 2 is 1.75 bits per heavy atom. The molecule has 2 rings (SSSR count). The average Bonchev–Trinajstić information content (AvgIpc) is 2.48. The highest BCUT2D eigenvalue weighted by Gasteiger charge is 2.23. The van der Waals surface area contributed by atoms with Gasteiger partial charge in [-0.3, -0.25) is 11.3 Å². The van der Waals surface area contributed by atoms with Crippen molar-refractivity contribution in [3.63, 3.8) is 0 Å². The molecule has 0 bridgehead atoms. The standard InChI is InChI=1S/C16H26N2O2/c1-3-5-12(6-4-2)16(18-17)13-7-8-14-15(11-13)20-10-9-19-14/h7-8,11-12,16,18H,3-6,9-10,17H2,1-2H3. The van der Waals surface area contributed by atoms with Gasteiger partial charge in [-0.2, -0.15) is 0 Å². The van der Waals surface area contributed by atoms with Crippen molar-refractivity contribution in [3.05, 3.63) is 23.8 Å². The number of fused-ring (bicyclic) bond motifs is 1. The van der Waals surface area contributed by atoms with E-state index >= 15 is 0 Å². The molecule has 0 spiro atoms.